The Morgan fingerprint density at radius 1 is 1.47 bits per heavy atom. The molecule has 2 N–H and O–H groups in total. The molecule has 3 nitrogen and oxygen atoms in total. The van der Waals surface area contributed by atoms with Crippen molar-refractivity contribution < 1.29 is 0 Å². The molecule has 4 heteroatoms. The standard InChI is InChI=1S/C15H23N3S/c1-3-16-15(18-14-6-4-5-7-14)17-10-12(2)13-8-9-19-11-13/h4-5,8-9,11-12,14H,3,6-7,10H2,1-2H3,(H2,16,17,18). The van der Waals surface area contributed by atoms with Crippen LogP contribution in [0, 0.1) is 0 Å². The zero-order chi connectivity index (χ0) is 13.5. The maximum absolute atomic E-state index is 4.70. The molecule has 0 fully saturated rings. The highest BCUT2D eigenvalue weighted by Crippen LogP contribution is 2.18. The summed E-state index contributed by atoms with van der Waals surface area (Å²) >= 11 is 1.75. The highest BCUT2D eigenvalue weighted by molar-refractivity contribution is 7.07. The van der Waals surface area contributed by atoms with Crippen LogP contribution in [0.3, 0.4) is 0 Å². The normalized spacial score (nSPS) is 17.7. The summed E-state index contributed by atoms with van der Waals surface area (Å²) in [7, 11) is 0. The fourth-order valence-electron chi connectivity index (χ4n) is 2.14. The van der Waals surface area contributed by atoms with Crippen LogP contribution in [0.15, 0.2) is 34.0 Å². The fourth-order valence-corrected chi connectivity index (χ4v) is 2.92. The topological polar surface area (TPSA) is 36.4 Å². The summed E-state index contributed by atoms with van der Waals surface area (Å²) < 4.78 is 0. The van der Waals surface area contributed by atoms with Gasteiger partial charge < -0.3 is 10.6 Å². The number of nitrogens with one attached hydrogen (secondary N) is 2. The zero-order valence-corrected chi connectivity index (χ0v) is 12.5. The predicted molar refractivity (Wildman–Crippen MR) is 84.0 cm³/mol. The number of hydrogen-bond donors (Lipinski definition) is 2. The van der Waals surface area contributed by atoms with Crippen LogP contribution in [-0.4, -0.2) is 25.1 Å². The summed E-state index contributed by atoms with van der Waals surface area (Å²) in [5, 5.41) is 11.2. The van der Waals surface area contributed by atoms with Crippen LogP contribution in [0.2, 0.25) is 0 Å². The second kappa shape index (κ2) is 7.34. The molecule has 0 saturated heterocycles. The first-order chi connectivity index (χ1) is 9.29. The smallest absolute Gasteiger partial charge is 0.191 e. The molecule has 0 aliphatic heterocycles. The Morgan fingerprint density at radius 2 is 2.26 bits per heavy atom. The van der Waals surface area contributed by atoms with Crippen molar-refractivity contribution in [1.82, 2.24) is 10.6 Å². The molecule has 0 spiro atoms. The average Bonchev–Trinajstić information content (AvgIpc) is 3.08. The van der Waals surface area contributed by atoms with E-state index in [0.29, 0.717) is 12.0 Å². The predicted octanol–water partition coefficient (Wildman–Crippen LogP) is 3.13. The summed E-state index contributed by atoms with van der Waals surface area (Å²) in [4.78, 5) is 4.70. The van der Waals surface area contributed by atoms with Gasteiger partial charge in [0.2, 0.25) is 0 Å². The van der Waals surface area contributed by atoms with Crippen molar-refractivity contribution in [2.75, 3.05) is 13.1 Å². The van der Waals surface area contributed by atoms with E-state index in [1.54, 1.807) is 11.3 Å². The minimum absolute atomic E-state index is 0.475. The van der Waals surface area contributed by atoms with E-state index in [1.807, 2.05) is 0 Å². The molecule has 1 atom stereocenters. The van der Waals surface area contributed by atoms with Gasteiger partial charge in [-0.05, 0) is 42.2 Å². The summed E-state index contributed by atoms with van der Waals surface area (Å²) in [5.74, 6) is 1.42. The van der Waals surface area contributed by atoms with E-state index in [0.717, 1.165) is 31.9 Å². The molecule has 0 radical (unpaired) electrons. The van der Waals surface area contributed by atoms with Crippen molar-refractivity contribution in [2.45, 2.75) is 38.6 Å². The Kier molecular flexibility index (Phi) is 5.45. The third-order valence-electron chi connectivity index (χ3n) is 3.33. The van der Waals surface area contributed by atoms with E-state index in [1.165, 1.54) is 5.56 Å². The van der Waals surface area contributed by atoms with Crippen molar-refractivity contribution in [3.05, 3.63) is 34.5 Å². The first kappa shape index (κ1) is 14.1. The van der Waals surface area contributed by atoms with Gasteiger partial charge in [-0.2, -0.15) is 11.3 Å². The minimum atomic E-state index is 0.475. The molecular formula is C15H23N3S. The Labute approximate surface area is 119 Å². The minimum Gasteiger partial charge on any atom is -0.357 e. The summed E-state index contributed by atoms with van der Waals surface area (Å²) in [6, 6.07) is 2.70. The van der Waals surface area contributed by atoms with Crippen LogP contribution in [0.4, 0.5) is 0 Å². The van der Waals surface area contributed by atoms with Gasteiger partial charge in [-0.1, -0.05) is 19.1 Å². The molecule has 0 amide bonds. The van der Waals surface area contributed by atoms with E-state index in [-0.39, 0.29) is 0 Å². The summed E-state index contributed by atoms with van der Waals surface area (Å²) in [6.07, 6.45) is 6.67. The Hall–Kier alpha value is -1.29. The molecule has 1 aliphatic rings. The fraction of sp³-hybridized carbons (Fsp3) is 0.533. The van der Waals surface area contributed by atoms with Crippen molar-refractivity contribution in [2.24, 2.45) is 4.99 Å². The number of rotatable bonds is 5. The third kappa shape index (κ3) is 4.39. The van der Waals surface area contributed by atoms with E-state index in [9.17, 15) is 0 Å². The maximum atomic E-state index is 4.70. The molecule has 2 rings (SSSR count). The number of aliphatic imine (C=N–C) groups is 1. The second-order valence-electron chi connectivity index (χ2n) is 4.96. The van der Waals surface area contributed by atoms with Gasteiger partial charge in [0, 0.05) is 25.0 Å². The highest BCUT2D eigenvalue weighted by Gasteiger charge is 2.12. The molecule has 1 aromatic rings. The first-order valence-electron chi connectivity index (χ1n) is 7.01. The first-order valence-corrected chi connectivity index (χ1v) is 7.95. The SMILES string of the molecule is CCNC(=NCC(C)c1ccsc1)NC1CC=CC1. The summed E-state index contributed by atoms with van der Waals surface area (Å²) in [6.45, 7) is 6.06. The lowest BCUT2D eigenvalue weighted by Gasteiger charge is -2.17. The largest absolute Gasteiger partial charge is 0.357 e. The molecular weight excluding hydrogens is 254 g/mol. The molecule has 104 valence electrons. The number of guanidine groups is 1. The van der Waals surface area contributed by atoms with Crippen LogP contribution in [-0.2, 0) is 0 Å². The van der Waals surface area contributed by atoms with Crippen LogP contribution in [0.1, 0.15) is 38.2 Å². The van der Waals surface area contributed by atoms with Gasteiger partial charge in [-0.25, -0.2) is 0 Å². The molecule has 1 heterocycles. The van der Waals surface area contributed by atoms with Crippen LogP contribution < -0.4 is 10.6 Å². The van der Waals surface area contributed by atoms with E-state index < -0.39 is 0 Å². The average molecular weight is 277 g/mol. The van der Waals surface area contributed by atoms with Gasteiger partial charge >= 0.3 is 0 Å². The van der Waals surface area contributed by atoms with Gasteiger partial charge in [-0.15, -0.1) is 0 Å². The molecule has 1 unspecified atom stereocenters. The van der Waals surface area contributed by atoms with E-state index >= 15 is 0 Å². The Morgan fingerprint density at radius 3 is 2.89 bits per heavy atom. The van der Waals surface area contributed by atoms with Gasteiger partial charge in [0.05, 0.1) is 0 Å². The maximum Gasteiger partial charge on any atom is 0.191 e. The zero-order valence-electron chi connectivity index (χ0n) is 11.7. The van der Waals surface area contributed by atoms with Crippen molar-refractivity contribution in [3.63, 3.8) is 0 Å². The van der Waals surface area contributed by atoms with Crippen molar-refractivity contribution in [3.8, 4) is 0 Å². The van der Waals surface area contributed by atoms with Gasteiger partial charge in [0.25, 0.3) is 0 Å². The lowest BCUT2D eigenvalue weighted by Crippen LogP contribution is -2.42. The molecule has 0 bridgehead atoms. The van der Waals surface area contributed by atoms with Crippen LogP contribution in [0.5, 0.6) is 0 Å². The van der Waals surface area contributed by atoms with Gasteiger partial charge in [-0.3, -0.25) is 4.99 Å². The number of thiophene rings is 1. The monoisotopic (exact) mass is 277 g/mol. The quantitative estimate of drug-likeness (QED) is 0.493. The van der Waals surface area contributed by atoms with Crippen LogP contribution in [0.25, 0.3) is 0 Å². The second-order valence-corrected chi connectivity index (χ2v) is 5.74. The summed E-state index contributed by atoms with van der Waals surface area (Å²) in [5.41, 5.74) is 1.38. The molecule has 1 aromatic heterocycles. The number of hydrogen-bond acceptors (Lipinski definition) is 2. The lowest BCUT2D eigenvalue weighted by atomic mass is 10.1. The van der Waals surface area contributed by atoms with E-state index in [2.05, 4.69) is 53.5 Å². The highest BCUT2D eigenvalue weighted by atomic mass is 32.1. The molecule has 1 aliphatic carbocycles. The lowest BCUT2D eigenvalue weighted by molar-refractivity contribution is 0.630. The third-order valence-corrected chi connectivity index (χ3v) is 4.03. The van der Waals surface area contributed by atoms with Gasteiger partial charge in [0.1, 0.15) is 0 Å². The molecule has 19 heavy (non-hydrogen) atoms. The van der Waals surface area contributed by atoms with Crippen molar-refractivity contribution in [1.29, 1.82) is 0 Å². The van der Waals surface area contributed by atoms with Crippen molar-refractivity contribution >= 4 is 17.3 Å². The Balaban J connectivity index is 1.88. The van der Waals surface area contributed by atoms with E-state index in [4.69, 9.17) is 4.99 Å². The van der Waals surface area contributed by atoms with Gasteiger partial charge in [0.15, 0.2) is 5.96 Å². The number of nitrogens with zero attached hydrogens (tertiary/aromatic N) is 1. The van der Waals surface area contributed by atoms with Crippen LogP contribution >= 0.6 is 11.3 Å². The molecule has 0 aromatic carbocycles. The Bertz CT molecular complexity index is 415. The molecule has 0 saturated carbocycles.